The van der Waals surface area contributed by atoms with Crippen LogP contribution >= 0.6 is 20.2 Å². The van der Waals surface area contributed by atoms with Crippen molar-refractivity contribution in [3.63, 3.8) is 0 Å². The van der Waals surface area contributed by atoms with Crippen molar-refractivity contribution in [3.05, 3.63) is 99.9 Å². The van der Waals surface area contributed by atoms with Crippen LogP contribution in [-0.4, -0.2) is 92.3 Å². The van der Waals surface area contributed by atoms with Crippen molar-refractivity contribution in [1.29, 1.82) is 0 Å². The number of fused-ring (bicyclic) bond motifs is 4. The fourth-order valence-electron chi connectivity index (χ4n) is 9.38. The van der Waals surface area contributed by atoms with Gasteiger partial charge < -0.3 is 41.4 Å². The molecule has 0 radical (unpaired) electrons. The summed E-state index contributed by atoms with van der Waals surface area (Å²) in [5, 5.41) is 21.3. The van der Waals surface area contributed by atoms with Crippen molar-refractivity contribution >= 4 is 43.9 Å². The molecule has 1 aromatic heterocycles. The monoisotopic (exact) mass is 962 g/mol. The average Bonchev–Trinajstić information content (AvgIpc) is 3.32. The molecule has 16 heteroatoms. The molecule has 6 atom stereocenters. The standard InChI is InChI=1S/C48H67N7O6.2ClH.Mn/c1-4-5-8-21-34-43(45(56)54-39(47(58)60-2)28-32-17-9-6-10-18-32)41-30-51-37-24-15-13-22-35(37)49-26-27-50-36-23-14-16-25-38(36)52-31-42(53-41)44(34)46(57)55-40(48(59)61-3)29-33-19-11-7-12-20-33;;;/h6-7,9-12,17-20,35-40,49-52H,4-5,8,13-16,21-31H2,1-3H3,(H,54,56)(H,55,57);2*1H;/q;;;+2/p-2/t35-,36-,37-,38-,39+,40+;;;/m1.../s1. The van der Waals surface area contributed by atoms with Crippen LogP contribution in [0.15, 0.2) is 60.7 Å². The molecule has 2 saturated carbocycles. The summed E-state index contributed by atoms with van der Waals surface area (Å²) in [6.45, 7) is 4.37. The molecule has 0 saturated heterocycles. The van der Waals surface area contributed by atoms with Crippen LogP contribution < -0.4 is 31.9 Å². The summed E-state index contributed by atoms with van der Waals surface area (Å²) in [5.41, 5.74) is 3.87. The molecule has 6 N–H and O–H groups in total. The molecule has 6 rings (SSSR count). The summed E-state index contributed by atoms with van der Waals surface area (Å²) in [4.78, 5) is 62.2. The molecule has 2 amide bonds. The second kappa shape index (κ2) is 27.8. The van der Waals surface area contributed by atoms with Crippen molar-refractivity contribution in [2.45, 2.75) is 146 Å². The Kier molecular flexibility index (Phi) is 22.3. The third-order valence-corrected chi connectivity index (χ3v) is 12.6. The molecule has 64 heavy (non-hydrogen) atoms. The Balaban J connectivity index is 0.00000250. The van der Waals surface area contributed by atoms with Crippen LogP contribution in [0.5, 0.6) is 0 Å². The number of unbranched alkanes of at least 4 members (excludes halogenated alkanes) is 2. The maximum absolute atomic E-state index is 15.1. The van der Waals surface area contributed by atoms with Gasteiger partial charge in [-0.2, -0.15) is 0 Å². The van der Waals surface area contributed by atoms with Crippen LogP contribution in [0.1, 0.15) is 126 Å². The topological polar surface area (TPSA) is 172 Å². The van der Waals surface area contributed by atoms with E-state index < -0.39 is 35.8 Å². The van der Waals surface area contributed by atoms with E-state index in [0.29, 0.717) is 29.8 Å². The van der Waals surface area contributed by atoms with E-state index in [9.17, 15) is 9.59 Å². The number of rotatable bonds is 14. The van der Waals surface area contributed by atoms with E-state index in [-0.39, 0.29) is 74.4 Å². The van der Waals surface area contributed by atoms with Crippen molar-refractivity contribution in [3.8, 4) is 0 Å². The minimum absolute atomic E-state index is 0.00694. The number of nitrogens with one attached hydrogen (secondary N) is 6. The molecule has 0 spiro atoms. The van der Waals surface area contributed by atoms with Crippen LogP contribution in [0.25, 0.3) is 0 Å². The van der Waals surface area contributed by atoms with Gasteiger partial charge in [-0.3, -0.25) is 14.6 Å². The average molecular weight is 964 g/mol. The quantitative estimate of drug-likeness (QED) is 0.0617. The van der Waals surface area contributed by atoms with Gasteiger partial charge in [0.2, 0.25) is 0 Å². The van der Waals surface area contributed by atoms with Crippen LogP contribution in [0.4, 0.5) is 0 Å². The van der Waals surface area contributed by atoms with Gasteiger partial charge >= 0.3 is 45.3 Å². The van der Waals surface area contributed by atoms with Gasteiger partial charge in [-0.15, -0.1) is 0 Å². The normalized spacial score (nSPS) is 21.1. The predicted octanol–water partition coefficient (Wildman–Crippen LogP) is 6.21. The van der Waals surface area contributed by atoms with Gasteiger partial charge in [-0.1, -0.05) is 106 Å². The number of halogens is 2. The summed E-state index contributed by atoms with van der Waals surface area (Å²) in [7, 11) is 12.2. The van der Waals surface area contributed by atoms with Gasteiger partial charge in [0, 0.05) is 63.2 Å². The van der Waals surface area contributed by atoms with Crippen molar-refractivity contribution < 1.29 is 41.8 Å². The Morgan fingerprint density at radius 1 is 0.656 bits per heavy atom. The Hall–Kier alpha value is -3.59. The number of nitrogens with zero attached hydrogens (tertiary/aromatic N) is 1. The number of esters is 2. The van der Waals surface area contributed by atoms with E-state index in [1.54, 1.807) is 0 Å². The number of aromatic nitrogens is 1. The number of carbonyl (C=O) groups excluding carboxylic acids is 4. The third-order valence-electron chi connectivity index (χ3n) is 12.6. The number of hydrogen-bond acceptors (Lipinski definition) is 11. The first-order chi connectivity index (χ1) is 31.2. The van der Waals surface area contributed by atoms with E-state index in [1.807, 2.05) is 60.7 Å². The summed E-state index contributed by atoms with van der Waals surface area (Å²) in [6, 6.07) is 17.8. The van der Waals surface area contributed by atoms with E-state index in [0.717, 1.165) is 88.4 Å². The van der Waals surface area contributed by atoms with Gasteiger partial charge in [-0.25, -0.2) is 9.59 Å². The van der Waals surface area contributed by atoms with Crippen LogP contribution in [0.2, 0.25) is 0 Å². The second-order valence-electron chi connectivity index (χ2n) is 16.9. The number of hydrogen-bond donors (Lipinski definition) is 6. The summed E-state index contributed by atoms with van der Waals surface area (Å²) < 4.78 is 10.4. The van der Waals surface area contributed by atoms with Gasteiger partial charge in [0.05, 0.1) is 36.7 Å². The Morgan fingerprint density at radius 2 is 1.05 bits per heavy atom. The third kappa shape index (κ3) is 15.2. The van der Waals surface area contributed by atoms with Crippen molar-refractivity contribution in [2.75, 3.05) is 27.3 Å². The minimum atomic E-state index is -0.998. The van der Waals surface area contributed by atoms with Gasteiger partial charge in [0.15, 0.2) is 0 Å². The van der Waals surface area contributed by atoms with Crippen LogP contribution in [-0.2, 0) is 64.5 Å². The van der Waals surface area contributed by atoms with Gasteiger partial charge in [-0.05, 0) is 55.2 Å². The van der Waals surface area contributed by atoms with Crippen molar-refractivity contribution in [1.82, 2.24) is 36.9 Å². The van der Waals surface area contributed by atoms with E-state index in [4.69, 9.17) is 34.7 Å². The molecular weight excluding hydrogens is 896 g/mol. The van der Waals surface area contributed by atoms with E-state index in [1.165, 1.54) is 14.2 Å². The number of methoxy groups -OCH3 is 2. The molecule has 351 valence electrons. The SMILES string of the molecule is CCCCCc1c(C(=O)N[C@@H](Cc2ccccc2)C(=O)OC)c2nc(c1C(=O)N[C@@H](Cc1ccccc1)C(=O)OC)CN[C@@H]1CCCC[C@H]1NCCN[C@@H]1CCCC[C@H]1NC2.[Cl][Mn][Cl]. The molecule has 2 fully saturated rings. The molecule has 3 aromatic rings. The number of pyridine rings is 1. The maximum atomic E-state index is 15.1. The molecule has 2 aromatic carbocycles. The summed E-state index contributed by atoms with van der Waals surface area (Å²) in [5.74, 6) is -2.15. The Bertz CT molecular complexity index is 1810. The zero-order valence-electron chi connectivity index (χ0n) is 37.5. The molecule has 2 heterocycles. The van der Waals surface area contributed by atoms with Crippen molar-refractivity contribution in [2.24, 2.45) is 0 Å². The first-order valence-corrected chi connectivity index (χ1v) is 26.2. The molecule has 3 aliphatic rings. The van der Waals surface area contributed by atoms with Gasteiger partial charge in [0.25, 0.3) is 11.8 Å². The number of amides is 2. The second-order valence-corrected chi connectivity index (χ2v) is 18.8. The molecular formula is C48H67Cl2MnN7O6. The first-order valence-electron chi connectivity index (χ1n) is 22.9. The molecule has 2 aliphatic carbocycles. The zero-order chi connectivity index (χ0) is 45.7. The molecule has 13 nitrogen and oxygen atoms in total. The zero-order valence-corrected chi connectivity index (χ0v) is 40.2. The number of ether oxygens (including phenoxy) is 2. The van der Waals surface area contributed by atoms with Gasteiger partial charge in [0.1, 0.15) is 12.1 Å². The van der Waals surface area contributed by atoms with E-state index in [2.05, 4.69) is 38.8 Å². The number of benzene rings is 2. The first kappa shape index (κ1) is 51.4. The summed E-state index contributed by atoms with van der Waals surface area (Å²) >= 11 is 0.00694. The predicted molar refractivity (Wildman–Crippen MR) is 248 cm³/mol. The van der Waals surface area contributed by atoms with Crippen LogP contribution in [0, 0.1) is 0 Å². The summed E-state index contributed by atoms with van der Waals surface area (Å²) in [6.07, 6.45) is 11.9. The molecule has 0 unspecified atom stereocenters. The molecule has 1 aliphatic heterocycles. The number of carbonyl (C=O) groups is 4. The molecule has 2 bridgehead atoms. The Morgan fingerprint density at radius 3 is 1.42 bits per heavy atom. The fourth-order valence-corrected chi connectivity index (χ4v) is 9.38. The Labute approximate surface area is 394 Å². The fraction of sp³-hybridized carbons (Fsp3) is 0.562. The van der Waals surface area contributed by atoms with E-state index >= 15 is 9.59 Å². The van der Waals surface area contributed by atoms with Crippen LogP contribution in [0.3, 0.4) is 0 Å².